The quantitative estimate of drug-likeness (QED) is 0.906. The van der Waals surface area contributed by atoms with Crippen LogP contribution in [0.25, 0.3) is 0 Å². The molecule has 1 N–H and O–H groups in total. The fourth-order valence-corrected chi connectivity index (χ4v) is 2.36. The van der Waals surface area contributed by atoms with Crippen LogP contribution in [0.1, 0.15) is 20.1 Å². The third kappa shape index (κ3) is 2.70. The van der Waals surface area contributed by atoms with Crippen LogP contribution in [0.2, 0.25) is 5.02 Å². The van der Waals surface area contributed by atoms with Crippen LogP contribution in [0.5, 0.6) is 0 Å². The Morgan fingerprint density at radius 2 is 2.17 bits per heavy atom. The van der Waals surface area contributed by atoms with E-state index >= 15 is 0 Å². The number of hydrogen-bond donors (Lipinski definition) is 1. The van der Waals surface area contributed by atoms with Gasteiger partial charge in [0.25, 0.3) is 5.91 Å². The van der Waals surface area contributed by atoms with Crippen molar-refractivity contribution in [2.45, 2.75) is 6.92 Å². The smallest absolute Gasteiger partial charge is 0.265 e. The lowest BCUT2D eigenvalue weighted by molar-refractivity contribution is 0.103. The molecule has 0 saturated carbocycles. The van der Waals surface area contributed by atoms with Crippen molar-refractivity contribution in [3.8, 4) is 6.07 Å². The zero-order chi connectivity index (χ0) is 13.1. The van der Waals surface area contributed by atoms with E-state index < -0.39 is 0 Å². The molecule has 0 radical (unpaired) electrons. The van der Waals surface area contributed by atoms with Gasteiger partial charge in [-0.2, -0.15) is 5.26 Å². The van der Waals surface area contributed by atoms with E-state index in [1.807, 2.05) is 19.1 Å². The van der Waals surface area contributed by atoms with Crippen LogP contribution >= 0.6 is 22.9 Å². The van der Waals surface area contributed by atoms with Gasteiger partial charge in [-0.05, 0) is 37.3 Å². The van der Waals surface area contributed by atoms with Crippen LogP contribution in [-0.2, 0) is 0 Å². The Bertz CT molecular complexity index is 643. The van der Waals surface area contributed by atoms with Gasteiger partial charge in [0.1, 0.15) is 0 Å². The predicted molar refractivity (Wildman–Crippen MR) is 73.2 cm³/mol. The van der Waals surface area contributed by atoms with E-state index in [-0.39, 0.29) is 5.91 Å². The maximum absolute atomic E-state index is 11.9. The number of nitrogens with one attached hydrogen (secondary N) is 1. The fourth-order valence-electron chi connectivity index (χ4n) is 1.43. The monoisotopic (exact) mass is 276 g/mol. The Kier molecular flexibility index (Phi) is 3.66. The van der Waals surface area contributed by atoms with E-state index in [4.69, 9.17) is 16.9 Å². The van der Waals surface area contributed by atoms with Crippen molar-refractivity contribution in [1.29, 1.82) is 5.26 Å². The van der Waals surface area contributed by atoms with Gasteiger partial charge in [-0.25, -0.2) is 0 Å². The summed E-state index contributed by atoms with van der Waals surface area (Å²) in [5, 5.41) is 11.9. The molecule has 1 aromatic carbocycles. The van der Waals surface area contributed by atoms with E-state index in [0.717, 1.165) is 4.88 Å². The summed E-state index contributed by atoms with van der Waals surface area (Å²) in [5.74, 6) is -0.218. The molecular weight excluding hydrogens is 268 g/mol. The van der Waals surface area contributed by atoms with Crippen molar-refractivity contribution >= 4 is 34.5 Å². The lowest BCUT2D eigenvalue weighted by Gasteiger charge is -2.06. The third-order valence-electron chi connectivity index (χ3n) is 2.31. The van der Waals surface area contributed by atoms with Gasteiger partial charge in [0.2, 0.25) is 0 Å². The van der Waals surface area contributed by atoms with Gasteiger partial charge >= 0.3 is 0 Å². The van der Waals surface area contributed by atoms with E-state index in [9.17, 15) is 4.79 Å². The second-order valence-electron chi connectivity index (χ2n) is 3.67. The number of carbonyl (C=O) groups excluding carboxylic acids is 1. The number of benzene rings is 1. The fraction of sp³-hybridized carbons (Fsp3) is 0.0769. The predicted octanol–water partition coefficient (Wildman–Crippen LogP) is 3.83. The summed E-state index contributed by atoms with van der Waals surface area (Å²) in [5.41, 5.74) is 0.906. The summed E-state index contributed by atoms with van der Waals surface area (Å²) in [4.78, 5) is 13.6. The molecule has 0 saturated heterocycles. The average molecular weight is 277 g/mol. The Morgan fingerprint density at radius 3 is 2.78 bits per heavy atom. The molecule has 1 amide bonds. The number of rotatable bonds is 2. The van der Waals surface area contributed by atoms with Crippen molar-refractivity contribution < 1.29 is 4.79 Å². The molecule has 0 bridgehead atoms. The summed E-state index contributed by atoms with van der Waals surface area (Å²) in [6, 6.07) is 10.4. The highest BCUT2D eigenvalue weighted by atomic mass is 35.5. The molecule has 0 aliphatic heterocycles. The van der Waals surface area contributed by atoms with Gasteiger partial charge in [0.15, 0.2) is 0 Å². The molecule has 1 heterocycles. The molecule has 2 aromatic rings. The van der Waals surface area contributed by atoms with Gasteiger partial charge in [-0.15, -0.1) is 11.3 Å². The summed E-state index contributed by atoms with van der Waals surface area (Å²) >= 11 is 7.38. The summed E-state index contributed by atoms with van der Waals surface area (Å²) < 4.78 is 0. The van der Waals surface area contributed by atoms with Gasteiger partial charge in [0.05, 0.1) is 27.2 Å². The number of amides is 1. The first kappa shape index (κ1) is 12.6. The SMILES string of the molecule is Cc1ccc(C(=O)Nc2cc(C#N)ccc2Cl)s1. The summed E-state index contributed by atoms with van der Waals surface area (Å²) in [6.45, 7) is 1.94. The first-order chi connectivity index (χ1) is 8.60. The maximum atomic E-state index is 11.9. The number of carbonyl (C=O) groups is 1. The first-order valence-corrected chi connectivity index (χ1v) is 6.37. The minimum atomic E-state index is -0.218. The van der Waals surface area contributed by atoms with Crippen LogP contribution in [0.15, 0.2) is 30.3 Å². The topological polar surface area (TPSA) is 52.9 Å². The molecule has 0 spiro atoms. The van der Waals surface area contributed by atoms with Gasteiger partial charge < -0.3 is 5.32 Å². The minimum absolute atomic E-state index is 0.218. The van der Waals surface area contributed by atoms with Crippen LogP contribution in [0.4, 0.5) is 5.69 Å². The molecule has 0 fully saturated rings. The zero-order valence-electron chi connectivity index (χ0n) is 9.53. The highest BCUT2D eigenvalue weighted by Crippen LogP contribution is 2.24. The molecule has 2 rings (SSSR count). The first-order valence-electron chi connectivity index (χ1n) is 5.17. The Morgan fingerprint density at radius 1 is 1.39 bits per heavy atom. The maximum Gasteiger partial charge on any atom is 0.265 e. The molecule has 90 valence electrons. The van der Waals surface area contributed by atoms with Crippen molar-refractivity contribution in [1.82, 2.24) is 0 Å². The normalized spacial score (nSPS) is 9.83. The minimum Gasteiger partial charge on any atom is -0.320 e. The average Bonchev–Trinajstić information content (AvgIpc) is 2.79. The van der Waals surface area contributed by atoms with Gasteiger partial charge in [-0.3, -0.25) is 4.79 Å². The highest BCUT2D eigenvalue weighted by Gasteiger charge is 2.10. The highest BCUT2D eigenvalue weighted by molar-refractivity contribution is 7.14. The van der Waals surface area contributed by atoms with Crippen LogP contribution in [0.3, 0.4) is 0 Å². The Hall–Kier alpha value is -1.83. The standard InChI is InChI=1S/C13H9ClN2OS/c1-8-2-5-12(18-8)13(17)16-11-6-9(7-15)3-4-10(11)14/h2-6H,1H3,(H,16,17). The van der Waals surface area contributed by atoms with Crippen molar-refractivity contribution in [2.75, 3.05) is 5.32 Å². The van der Waals surface area contributed by atoms with Crippen molar-refractivity contribution in [3.63, 3.8) is 0 Å². The van der Waals surface area contributed by atoms with E-state index in [2.05, 4.69) is 5.32 Å². The largest absolute Gasteiger partial charge is 0.320 e. The third-order valence-corrected chi connectivity index (χ3v) is 3.64. The second kappa shape index (κ2) is 5.21. The Labute approximate surface area is 114 Å². The van der Waals surface area contributed by atoms with E-state index in [0.29, 0.717) is 21.2 Å². The molecule has 1 aromatic heterocycles. The van der Waals surface area contributed by atoms with Gasteiger partial charge in [0, 0.05) is 4.88 Å². The van der Waals surface area contributed by atoms with Crippen molar-refractivity contribution in [2.24, 2.45) is 0 Å². The van der Waals surface area contributed by atoms with E-state index in [1.54, 1.807) is 24.3 Å². The molecule has 0 aliphatic carbocycles. The number of aryl methyl sites for hydroxylation is 1. The van der Waals surface area contributed by atoms with Crippen LogP contribution < -0.4 is 5.32 Å². The second-order valence-corrected chi connectivity index (χ2v) is 5.37. The molecule has 3 nitrogen and oxygen atoms in total. The lowest BCUT2D eigenvalue weighted by Crippen LogP contribution is -2.10. The molecule has 0 aliphatic rings. The number of thiophene rings is 1. The summed E-state index contributed by atoms with van der Waals surface area (Å²) in [7, 11) is 0. The number of nitriles is 1. The van der Waals surface area contributed by atoms with Crippen LogP contribution in [0, 0.1) is 18.3 Å². The zero-order valence-corrected chi connectivity index (χ0v) is 11.1. The Balaban J connectivity index is 2.24. The number of halogens is 1. The van der Waals surface area contributed by atoms with E-state index in [1.165, 1.54) is 11.3 Å². The van der Waals surface area contributed by atoms with Crippen molar-refractivity contribution in [3.05, 3.63) is 50.7 Å². The lowest BCUT2D eigenvalue weighted by atomic mass is 10.2. The van der Waals surface area contributed by atoms with Crippen LogP contribution in [-0.4, -0.2) is 5.91 Å². The summed E-state index contributed by atoms with van der Waals surface area (Å²) in [6.07, 6.45) is 0. The molecule has 0 atom stereocenters. The number of anilines is 1. The van der Waals surface area contributed by atoms with Gasteiger partial charge in [-0.1, -0.05) is 11.6 Å². The number of nitrogens with zero attached hydrogens (tertiary/aromatic N) is 1. The molecule has 5 heteroatoms. The molecular formula is C13H9ClN2OS. The molecule has 0 unspecified atom stereocenters. The number of hydrogen-bond acceptors (Lipinski definition) is 3. The molecule has 18 heavy (non-hydrogen) atoms.